The van der Waals surface area contributed by atoms with Crippen LogP contribution in [0.5, 0.6) is 0 Å². The quantitative estimate of drug-likeness (QED) is 0.829. The molecule has 0 aromatic heterocycles. The number of hydrogen-bond acceptors (Lipinski definition) is 1. The molecule has 1 nitrogen and oxygen atoms in total. The van der Waals surface area contributed by atoms with Crippen LogP contribution in [0, 0.1) is 13.8 Å². The molecule has 0 heterocycles. The Morgan fingerprint density at radius 3 is 2.45 bits per heavy atom. The van der Waals surface area contributed by atoms with Gasteiger partial charge in [-0.25, -0.2) is 0 Å². The Labute approximate surface area is 127 Å². The molecule has 0 spiro atoms. The fourth-order valence-electron chi connectivity index (χ4n) is 2.46. The van der Waals surface area contributed by atoms with Gasteiger partial charge in [0.1, 0.15) is 0 Å². The first-order valence-corrected chi connectivity index (χ1v) is 7.53. The highest BCUT2D eigenvalue weighted by Gasteiger charge is 2.14. The zero-order valence-electron chi connectivity index (χ0n) is 12.4. The van der Waals surface area contributed by atoms with Gasteiger partial charge >= 0.3 is 0 Å². The zero-order chi connectivity index (χ0) is 14.5. The molecule has 0 aliphatic carbocycles. The monoisotopic (exact) mass is 287 g/mol. The van der Waals surface area contributed by atoms with Crippen molar-refractivity contribution in [2.24, 2.45) is 0 Å². The fourth-order valence-corrected chi connectivity index (χ4v) is 2.73. The van der Waals surface area contributed by atoms with Crippen molar-refractivity contribution >= 4 is 11.6 Å². The summed E-state index contributed by atoms with van der Waals surface area (Å²) in [5.41, 5.74) is 5.21. The van der Waals surface area contributed by atoms with Gasteiger partial charge < -0.3 is 5.32 Å². The Bertz CT molecular complexity index is 577. The molecule has 0 fully saturated rings. The summed E-state index contributed by atoms with van der Waals surface area (Å²) in [5.74, 6) is 0. The summed E-state index contributed by atoms with van der Waals surface area (Å²) in [5, 5.41) is 4.37. The van der Waals surface area contributed by atoms with Gasteiger partial charge in [-0.15, -0.1) is 0 Å². The Kier molecular flexibility index (Phi) is 5.22. The highest BCUT2D eigenvalue weighted by Crippen LogP contribution is 2.26. The maximum atomic E-state index is 6.34. The van der Waals surface area contributed by atoms with E-state index in [0.29, 0.717) is 0 Å². The maximum Gasteiger partial charge on any atom is 0.0453 e. The third kappa shape index (κ3) is 3.62. The molecule has 2 aromatic carbocycles. The third-order valence-corrected chi connectivity index (χ3v) is 4.09. The SMILES string of the molecule is CCNC(Cc1ccc(C)c(C)c1)c1ccccc1Cl. The lowest BCUT2D eigenvalue weighted by atomic mass is 9.96. The van der Waals surface area contributed by atoms with Gasteiger partial charge in [-0.1, -0.05) is 54.9 Å². The summed E-state index contributed by atoms with van der Waals surface area (Å²) in [6, 6.07) is 15.0. The Balaban J connectivity index is 2.25. The van der Waals surface area contributed by atoms with Crippen molar-refractivity contribution in [2.75, 3.05) is 6.54 Å². The molecule has 1 unspecified atom stereocenters. The number of likely N-dealkylation sites (N-methyl/N-ethyl adjacent to an activating group) is 1. The Hall–Kier alpha value is -1.31. The molecular weight excluding hydrogens is 266 g/mol. The molecule has 0 aliphatic rings. The first-order valence-electron chi connectivity index (χ1n) is 7.15. The van der Waals surface area contributed by atoms with Crippen molar-refractivity contribution in [1.29, 1.82) is 0 Å². The van der Waals surface area contributed by atoms with Crippen molar-refractivity contribution < 1.29 is 0 Å². The molecular formula is C18H22ClN. The fraction of sp³-hybridized carbons (Fsp3) is 0.333. The van der Waals surface area contributed by atoms with E-state index in [4.69, 9.17) is 11.6 Å². The minimum atomic E-state index is 0.260. The lowest BCUT2D eigenvalue weighted by Gasteiger charge is -2.20. The van der Waals surface area contributed by atoms with Crippen LogP contribution in [0.25, 0.3) is 0 Å². The van der Waals surface area contributed by atoms with Gasteiger partial charge in [-0.05, 0) is 55.1 Å². The normalized spacial score (nSPS) is 12.4. The molecule has 2 heteroatoms. The van der Waals surface area contributed by atoms with Gasteiger partial charge in [0.05, 0.1) is 0 Å². The molecule has 2 rings (SSSR count). The molecule has 2 aromatic rings. The second-order valence-corrected chi connectivity index (χ2v) is 5.66. The summed E-state index contributed by atoms with van der Waals surface area (Å²) >= 11 is 6.34. The van der Waals surface area contributed by atoms with Gasteiger partial charge in [0.2, 0.25) is 0 Å². The van der Waals surface area contributed by atoms with Crippen LogP contribution >= 0.6 is 11.6 Å². The first-order chi connectivity index (χ1) is 9.61. The smallest absolute Gasteiger partial charge is 0.0453 e. The number of rotatable bonds is 5. The van der Waals surface area contributed by atoms with E-state index in [9.17, 15) is 0 Å². The standard InChI is InChI=1S/C18H22ClN/c1-4-20-18(16-7-5-6-8-17(16)19)12-15-10-9-13(2)14(3)11-15/h5-11,18,20H,4,12H2,1-3H3. The first kappa shape index (κ1) is 15.1. The summed E-state index contributed by atoms with van der Waals surface area (Å²) in [6.45, 7) is 7.37. The van der Waals surface area contributed by atoms with Crippen molar-refractivity contribution in [2.45, 2.75) is 33.2 Å². The lowest BCUT2D eigenvalue weighted by molar-refractivity contribution is 0.550. The molecule has 0 saturated carbocycles. The highest BCUT2D eigenvalue weighted by molar-refractivity contribution is 6.31. The summed E-state index contributed by atoms with van der Waals surface area (Å²) < 4.78 is 0. The van der Waals surface area contributed by atoms with Crippen LogP contribution in [0.2, 0.25) is 5.02 Å². The molecule has 0 amide bonds. The van der Waals surface area contributed by atoms with Crippen LogP contribution in [0.1, 0.15) is 35.2 Å². The van der Waals surface area contributed by atoms with Crippen LogP contribution in [0.4, 0.5) is 0 Å². The maximum absolute atomic E-state index is 6.34. The molecule has 20 heavy (non-hydrogen) atoms. The van der Waals surface area contributed by atoms with E-state index in [-0.39, 0.29) is 6.04 Å². The van der Waals surface area contributed by atoms with Crippen molar-refractivity contribution in [1.82, 2.24) is 5.32 Å². The van der Waals surface area contributed by atoms with E-state index in [2.05, 4.69) is 50.4 Å². The van der Waals surface area contributed by atoms with Gasteiger partial charge in [0, 0.05) is 11.1 Å². The number of hydrogen-bond donors (Lipinski definition) is 1. The second-order valence-electron chi connectivity index (χ2n) is 5.25. The van der Waals surface area contributed by atoms with Gasteiger partial charge in [-0.2, -0.15) is 0 Å². The van der Waals surface area contributed by atoms with Gasteiger partial charge in [0.25, 0.3) is 0 Å². The average molecular weight is 288 g/mol. The summed E-state index contributed by atoms with van der Waals surface area (Å²) in [4.78, 5) is 0. The number of benzene rings is 2. The van der Waals surface area contributed by atoms with Crippen molar-refractivity contribution in [3.8, 4) is 0 Å². The van der Waals surface area contributed by atoms with Crippen LogP contribution in [-0.2, 0) is 6.42 Å². The second kappa shape index (κ2) is 6.92. The minimum absolute atomic E-state index is 0.260. The van der Waals surface area contributed by atoms with Crippen LogP contribution in [0.15, 0.2) is 42.5 Å². The van der Waals surface area contributed by atoms with E-state index in [1.165, 1.54) is 22.3 Å². The van der Waals surface area contributed by atoms with E-state index >= 15 is 0 Å². The Morgan fingerprint density at radius 2 is 1.80 bits per heavy atom. The van der Waals surface area contributed by atoms with Crippen molar-refractivity contribution in [3.05, 3.63) is 69.7 Å². The topological polar surface area (TPSA) is 12.0 Å². The largest absolute Gasteiger partial charge is 0.310 e. The van der Waals surface area contributed by atoms with Crippen molar-refractivity contribution in [3.63, 3.8) is 0 Å². The number of aryl methyl sites for hydroxylation is 2. The van der Waals surface area contributed by atoms with Crippen LogP contribution < -0.4 is 5.32 Å². The third-order valence-electron chi connectivity index (χ3n) is 3.74. The molecule has 0 saturated heterocycles. The molecule has 1 atom stereocenters. The lowest BCUT2D eigenvalue weighted by Crippen LogP contribution is -2.23. The van der Waals surface area contributed by atoms with E-state index in [0.717, 1.165) is 18.0 Å². The van der Waals surface area contributed by atoms with Gasteiger partial charge in [0.15, 0.2) is 0 Å². The van der Waals surface area contributed by atoms with E-state index in [1.54, 1.807) is 0 Å². The molecule has 106 valence electrons. The number of halogens is 1. The van der Waals surface area contributed by atoms with E-state index in [1.807, 2.05) is 18.2 Å². The Morgan fingerprint density at radius 1 is 1.05 bits per heavy atom. The molecule has 0 radical (unpaired) electrons. The average Bonchev–Trinajstić information content (AvgIpc) is 2.43. The molecule has 1 N–H and O–H groups in total. The van der Waals surface area contributed by atoms with Crippen LogP contribution in [0.3, 0.4) is 0 Å². The minimum Gasteiger partial charge on any atom is -0.310 e. The highest BCUT2D eigenvalue weighted by atomic mass is 35.5. The van der Waals surface area contributed by atoms with Crippen LogP contribution in [-0.4, -0.2) is 6.54 Å². The summed E-state index contributed by atoms with van der Waals surface area (Å²) in [7, 11) is 0. The zero-order valence-corrected chi connectivity index (χ0v) is 13.2. The predicted molar refractivity (Wildman–Crippen MR) is 87.5 cm³/mol. The predicted octanol–water partition coefficient (Wildman–Crippen LogP) is 4.85. The molecule has 0 bridgehead atoms. The summed E-state index contributed by atoms with van der Waals surface area (Å²) in [6.07, 6.45) is 0.957. The van der Waals surface area contributed by atoms with E-state index < -0.39 is 0 Å². The van der Waals surface area contributed by atoms with Gasteiger partial charge in [-0.3, -0.25) is 0 Å². The number of nitrogens with one attached hydrogen (secondary N) is 1. The molecule has 0 aliphatic heterocycles.